The summed E-state index contributed by atoms with van der Waals surface area (Å²) in [5.41, 5.74) is 1.96. The van der Waals surface area contributed by atoms with Crippen LogP contribution in [-0.4, -0.2) is 18.8 Å². The summed E-state index contributed by atoms with van der Waals surface area (Å²) < 4.78 is 5.17. The fraction of sp³-hybridized carbons (Fsp3) is 0.111. The fourth-order valence-electron chi connectivity index (χ4n) is 2.02. The third-order valence-corrected chi connectivity index (χ3v) is 3.32. The van der Waals surface area contributed by atoms with Gasteiger partial charge in [0.25, 0.3) is 0 Å². The second kappa shape index (κ2) is 7.61. The van der Waals surface area contributed by atoms with Crippen LogP contribution < -0.4 is 10.1 Å². The van der Waals surface area contributed by atoms with Crippen molar-refractivity contribution in [1.82, 2.24) is 0 Å². The number of ketones is 1. The van der Waals surface area contributed by atoms with Gasteiger partial charge in [-0.3, -0.25) is 9.59 Å². The molecule has 0 fully saturated rings. The van der Waals surface area contributed by atoms with E-state index >= 15 is 0 Å². The Labute approximate surface area is 139 Å². The van der Waals surface area contributed by atoms with E-state index in [9.17, 15) is 9.59 Å². The maximum Gasteiger partial charge on any atom is 0.221 e. The number of methoxy groups -OCH3 is 1. The summed E-state index contributed by atoms with van der Waals surface area (Å²) in [5.74, 6) is 0.150. The number of carbonyl (C=O) groups excluding carboxylic acids is 2. The number of allylic oxidation sites excluding steroid dienone is 1. The molecule has 0 saturated carbocycles. The first-order valence-corrected chi connectivity index (χ1v) is 7.31. The molecular formula is C18H16ClNO3. The summed E-state index contributed by atoms with van der Waals surface area (Å²) in [6.45, 7) is 1.45. The highest BCUT2D eigenvalue weighted by atomic mass is 35.5. The summed E-state index contributed by atoms with van der Waals surface area (Å²) in [6, 6.07) is 12.1. The van der Waals surface area contributed by atoms with Crippen molar-refractivity contribution in [3.8, 4) is 5.75 Å². The molecule has 0 heterocycles. The van der Waals surface area contributed by atoms with Crippen LogP contribution in [0.4, 0.5) is 5.69 Å². The molecule has 0 saturated heterocycles. The average molecular weight is 330 g/mol. The quantitative estimate of drug-likeness (QED) is 0.660. The lowest BCUT2D eigenvalue weighted by Crippen LogP contribution is -2.05. The van der Waals surface area contributed by atoms with Crippen LogP contribution >= 0.6 is 11.6 Å². The molecule has 1 amide bonds. The molecule has 0 spiro atoms. The zero-order chi connectivity index (χ0) is 16.8. The van der Waals surface area contributed by atoms with E-state index in [1.807, 2.05) is 12.1 Å². The van der Waals surface area contributed by atoms with Crippen molar-refractivity contribution in [2.24, 2.45) is 0 Å². The van der Waals surface area contributed by atoms with Gasteiger partial charge in [0.05, 0.1) is 12.7 Å². The van der Waals surface area contributed by atoms with E-state index in [4.69, 9.17) is 16.3 Å². The molecule has 2 rings (SSSR count). The van der Waals surface area contributed by atoms with E-state index < -0.39 is 0 Å². The Balaban J connectivity index is 2.15. The van der Waals surface area contributed by atoms with E-state index in [0.717, 1.165) is 5.56 Å². The normalized spacial score (nSPS) is 10.6. The van der Waals surface area contributed by atoms with Crippen LogP contribution in [0.1, 0.15) is 22.8 Å². The standard InChI is InChI=1S/C18H16ClNO3/c1-12(21)20-15-7-3-13(4-8-15)5-9-17(22)16-11-14(19)6-10-18(16)23-2/h3-11H,1-2H3,(H,20,21)/b9-5+. The second-order valence-corrected chi connectivity index (χ2v) is 5.28. The van der Waals surface area contributed by atoms with Gasteiger partial charge in [-0.2, -0.15) is 0 Å². The summed E-state index contributed by atoms with van der Waals surface area (Å²) in [7, 11) is 1.50. The molecule has 2 aromatic carbocycles. The van der Waals surface area contributed by atoms with E-state index in [-0.39, 0.29) is 11.7 Å². The molecule has 0 aliphatic carbocycles. The van der Waals surface area contributed by atoms with Gasteiger partial charge in [0, 0.05) is 17.6 Å². The number of hydrogen-bond acceptors (Lipinski definition) is 3. The molecule has 1 N–H and O–H groups in total. The SMILES string of the molecule is COc1ccc(Cl)cc1C(=O)/C=C/c1ccc(NC(C)=O)cc1. The van der Waals surface area contributed by atoms with Crippen LogP contribution in [0.2, 0.25) is 5.02 Å². The van der Waals surface area contributed by atoms with Crippen molar-refractivity contribution < 1.29 is 14.3 Å². The number of carbonyl (C=O) groups is 2. The van der Waals surface area contributed by atoms with Gasteiger partial charge >= 0.3 is 0 Å². The number of hydrogen-bond donors (Lipinski definition) is 1. The molecule has 5 heteroatoms. The van der Waals surface area contributed by atoms with Gasteiger partial charge in [-0.05, 0) is 42.0 Å². The third-order valence-electron chi connectivity index (χ3n) is 3.09. The molecule has 0 unspecified atom stereocenters. The van der Waals surface area contributed by atoms with Crippen LogP contribution in [0.25, 0.3) is 6.08 Å². The van der Waals surface area contributed by atoms with Crippen molar-refractivity contribution in [2.75, 3.05) is 12.4 Å². The number of benzene rings is 2. The highest BCUT2D eigenvalue weighted by Gasteiger charge is 2.10. The van der Waals surface area contributed by atoms with E-state index in [1.165, 1.54) is 20.1 Å². The van der Waals surface area contributed by atoms with Gasteiger partial charge in [0.1, 0.15) is 5.75 Å². The molecule has 23 heavy (non-hydrogen) atoms. The topological polar surface area (TPSA) is 55.4 Å². The Morgan fingerprint density at radius 3 is 2.43 bits per heavy atom. The smallest absolute Gasteiger partial charge is 0.221 e. The first kappa shape index (κ1) is 16.8. The number of nitrogens with one attached hydrogen (secondary N) is 1. The maximum absolute atomic E-state index is 12.3. The molecule has 0 bridgehead atoms. The van der Waals surface area contributed by atoms with E-state index in [2.05, 4.69) is 5.32 Å². The molecule has 0 radical (unpaired) electrons. The van der Waals surface area contributed by atoms with Crippen LogP contribution in [0, 0.1) is 0 Å². The first-order chi connectivity index (χ1) is 11.0. The molecule has 4 nitrogen and oxygen atoms in total. The minimum Gasteiger partial charge on any atom is -0.496 e. The van der Waals surface area contributed by atoms with Crippen molar-refractivity contribution in [3.63, 3.8) is 0 Å². The number of halogens is 1. The monoisotopic (exact) mass is 329 g/mol. The number of amides is 1. The van der Waals surface area contributed by atoms with E-state index in [1.54, 1.807) is 36.4 Å². The zero-order valence-corrected chi connectivity index (χ0v) is 13.6. The van der Waals surface area contributed by atoms with Gasteiger partial charge < -0.3 is 10.1 Å². The molecule has 0 aliphatic heterocycles. The largest absolute Gasteiger partial charge is 0.496 e. The lowest BCUT2D eigenvalue weighted by molar-refractivity contribution is -0.114. The summed E-state index contributed by atoms with van der Waals surface area (Å²) in [4.78, 5) is 23.2. The van der Waals surface area contributed by atoms with Gasteiger partial charge in [-0.1, -0.05) is 29.8 Å². The summed E-state index contributed by atoms with van der Waals surface area (Å²) in [6.07, 6.45) is 3.15. The minimum absolute atomic E-state index is 0.128. The van der Waals surface area contributed by atoms with Crippen molar-refractivity contribution in [2.45, 2.75) is 6.92 Å². The predicted octanol–water partition coefficient (Wildman–Crippen LogP) is 4.20. The van der Waals surface area contributed by atoms with Gasteiger partial charge in [-0.25, -0.2) is 0 Å². The Bertz CT molecular complexity index is 751. The highest BCUT2D eigenvalue weighted by molar-refractivity contribution is 6.31. The molecule has 2 aromatic rings. The lowest BCUT2D eigenvalue weighted by Gasteiger charge is -2.06. The molecule has 0 aromatic heterocycles. The number of ether oxygens (including phenoxy) is 1. The second-order valence-electron chi connectivity index (χ2n) is 4.85. The Hall–Kier alpha value is -2.59. The van der Waals surface area contributed by atoms with Gasteiger partial charge in [-0.15, -0.1) is 0 Å². The zero-order valence-electron chi connectivity index (χ0n) is 12.8. The van der Waals surface area contributed by atoms with Crippen LogP contribution in [0.15, 0.2) is 48.5 Å². The van der Waals surface area contributed by atoms with Crippen molar-refractivity contribution in [1.29, 1.82) is 0 Å². The molecule has 0 atom stereocenters. The Morgan fingerprint density at radius 2 is 1.83 bits per heavy atom. The highest BCUT2D eigenvalue weighted by Crippen LogP contribution is 2.23. The summed E-state index contributed by atoms with van der Waals surface area (Å²) in [5, 5.41) is 3.16. The molecule has 0 aliphatic rings. The van der Waals surface area contributed by atoms with Gasteiger partial charge in [0.2, 0.25) is 5.91 Å². The average Bonchev–Trinajstić information content (AvgIpc) is 2.53. The first-order valence-electron chi connectivity index (χ1n) is 6.93. The predicted molar refractivity (Wildman–Crippen MR) is 92.1 cm³/mol. The molecule has 118 valence electrons. The Morgan fingerprint density at radius 1 is 1.13 bits per heavy atom. The summed E-state index contributed by atoms with van der Waals surface area (Å²) >= 11 is 5.93. The lowest BCUT2D eigenvalue weighted by atomic mass is 10.1. The minimum atomic E-state index is -0.199. The Kier molecular flexibility index (Phi) is 5.55. The number of anilines is 1. The number of rotatable bonds is 5. The van der Waals surface area contributed by atoms with Gasteiger partial charge in [0.15, 0.2) is 5.78 Å². The fourth-order valence-corrected chi connectivity index (χ4v) is 2.19. The van der Waals surface area contributed by atoms with Crippen LogP contribution in [-0.2, 0) is 4.79 Å². The molecular weight excluding hydrogens is 314 g/mol. The van der Waals surface area contributed by atoms with Crippen LogP contribution in [0.3, 0.4) is 0 Å². The maximum atomic E-state index is 12.3. The third kappa shape index (κ3) is 4.69. The van der Waals surface area contributed by atoms with Crippen molar-refractivity contribution >= 4 is 35.1 Å². The van der Waals surface area contributed by atoms with Crippen molar-refractivity contribution in [3.05, 3.63) is 64.7 Å². The van der Waals surface area contributed by atoms with E-state index in [0.29, 0.717) is 22.0 Å². The van der Waals surface area contributed by atoms with Crippen LogP contribution in [0.5, 0.6) is 5.75 Å².